The molecule has 6 heteroatoms. The zero-order valence-corrected chi connectivity index (χ0v) is 14.3. The highest BCUT2D eigenvalue weighted by atomic mass is 16.6. The summed E-state index contributed by atoms with van der Waals surface area (Å²) < 4.78 is 16.0. The van der Waals surface area contributed by atoms with E-state index in [2.05, 4.69) is 6.58 Å². The number of ether oxygens (including phenoxy) is 3. The number of fused-ring (bicyclic) bond motifs is 1. The third-order valence-electron chi connectivity index (χ3n) is 5.16. The Labute approximate surface area is 147 Å². The highest BCUT2D eigenvalue weighted by Gasteiger charge is 2.61. The lowest BCUT2D eigenvalue weighted by Gasteiger charge is -2.33. The van der Waals surface area contributed by atoms with E-state index in [0.29, 0.717) is 26.2 Å². The van der Waals surface area contributed by atoms with E-state index in [0.717, 1.165) is 5.56 Å². The number of carbonyl (C=O) groups is 2. The molecule has 0 aromatic heterocycles. The van der Waals surface area contributed by atoms with Crippen molar-refractivity contribution in [2.75, 3.05) is 26.9 Å². The number of allylic oxidation sites excluding steroid dienone is 1. The number of amides is 1. The van der Waals surface area contributed by atoms with E-state index >= 15 is 0 Å². The molecule has 2 aliphatic rings. The van der Waals surface area contributed by atoms with Gasteiger partial charge in [0.15, 0.2) is 0 Å². The van der Waals surface area contributed by atoms with Crippen molar-refractivity contribution in [2.24, 2.45) is 11.3 Å². The van der Waals surface area contributed by atoms with E-state index in [9.17, 15) is 9.59 Å². The number of hydrogen-bond donors (Lipinski definition) is 0. The Kier molecular flexibility index (Phi) is 5.08. The van der Waals surface area contributed by atoms with E-state index in [-0.39, 0.29) is 12.5 Å². The topological polar surface area (TPSA) is 65.1 Å². The molecule has 0 saturated carbocycles. The van der Waals surface area contributed by atoms with Crippen LogP contribution >= 0.6 is 0 Å². The number of esters is 1. The number of rotatable bonds is 5. The molecule has 3 atom stereocenters. The highest BCUT2D eigenvalue weighted by Crippen LogP contribution is 2.49. The number of nitrogens with zero attached hydrogens (tertiary/aromatic N) is 1. The third-order valence-corrected chi connectivity index (χ3v) is 5.16. The second kappa shape index (κ2) is 7.27. The molecule has 134 valence electrons. The summed E-state index contributed by atoms with van der Waals surface area (Å²) in [6, 6.07) is 8.73. The molecular formula is C19H23NO5. The average molecular weight is 345 g/mol. The van der Waals surface area contributed by atoms with Gasteiger partial charge in [-0.1, -0.05) is 36.4 Å². The quantitative estimate of drug-likeness (QED) is 0.606. The van der Waals surface area contributed by atoms with Crippen molar-refractivity contribution >= 4 is 12.1 Å². The van der Waals surface area contributed by atoms with E-state index < -0.39 is 23.5 Å². The number of likely N-dealkylation sites (tertiary alicyclic amines) is 1. The number of carbonyl (C=O) groups excluding carboxylic acids is 2. The van der Waals surface area contributed by atoms with Gasteiger partial charge in [-0.2, -0.15) is 0 Å². The summed E-state index contributed by atoms with van der Waals surface area (Å²) >= 11 is 0. The number of benzene rings is 1. The van der Waals surface area contributed by atoms with Crippen LogP contribution in [0.4, 0.5) is 4.79 Å². The first-order valence-electron chi connectivity index (χ1n) is 8.36. The lowest BCUT2D eigenvalue weighted by atomic mass is 9.73. The summed E-state index contributed by atoms with van der Waals surface area (Å²) in [7, 11) is 1.33. The van der Waals surface area contributed by atoms with Crippen LogP contribution in [0, 0.1) is 11.3 Å². The predicted octanol–water partition coefficient (Wildman–Crippen LogP) is 2.39. The molecule has 2 heterocycles. The van der Waals surface area contributed by atoms with Crippen molar-refractivity contribution < 1.29 is 23.8 Å². The molecule has 0 bridgehead atoms. The van der Waals surface area contributed by atoms with E-state index in [1.165, 1.54) is 12.0 Å². The first kappa shape index (κ1) is 17.5. The maximum Gasteiger partial charge on any atom is 0.410 e. The normalized spacial score (nSPS) is 27.6. The number of methoxy groups -OCH3 is 1. The van der Waals surface area contributed by atoms with E-state index in [4.69, 9.17) is 14.2 Å². The predicted molar refractivity (Wildman–Crippen MR) is 90.7 cm³/mol. The molecule has 2 aliphatic heterocycles. The molecule has 3 rings (SSSR count). The minimum Gasteiger partial charge on any atom is -0.467 e. The van der Waals surface area contributed by atoms with Crippen molar-refractivity contribution in [3.8, 4) is 0 Å². The zero-order valence-electron chi connectivity index (χ0n) is 14.3. The summed E-state index contributed by atoms with van der Waals surface area (Å²) in [5.74, 6) is -0.370. The lowest BCUT2D eigenvalue weighted by molar-refractivity contribution is -0.149. The molecule has 2 fully saturated rings. The van der Waals surface area contributed by atoms with Crippen LogP contribution in [-0.2, 0) is 25.6 Å². The molecule has 6 nitrogen and oxygen atoms in total. The molecule has 1 aromatic rings. The fraction of sp³-hybridized carbons (Fsp3) is 0.474. The molecule has 0 aliphatic carbocycles. The van der Waals surface area contributed by atoms with E-state index in [1.807, 2.05) is 30.3 Å². The summed E-state index contributed by atoms with van der Waals surface area (Å²) in [4.78, 5) is 26.6. The monoisotopic (exact) mass is 345 g/mol. The van der Waals surface area contributed by atoms with Gasteiger partial charge in [-0.25, -0.2) is 9.59 Å². The molecule has 1 aromatic carbocycles. The zero-order chi connectivity index (χ0) is 17.9. The Morgan fingerprint density at radius 3 is 2.84 bits per heavy atom. The first-order chi connectivity index (χ1) is 12.1. The average Bonchev–Trinajstić information content (AvgIpc) is 3.16. The minimum atomic E-state index is -0.716. The lowest BCUT2D eigenvalue weighted by Crippen LogP contribution is -2.50. The second-order valence-electron chi connectivity index (χ2n) is 6.56. The molecule has 1 amide bonds. The fourth-order valence-electron chi connectivity index (χ4n) is 3.93. The first-order valence-corrected chi connectivity index (χ1v) is 8.36. The van der Waals surface area contributed by atoms with Crippen LogP contribution in [0.5, 0.6) is 0 Å². The summed E-state index contributed by atoms with van der Waals surface area (Å²) in [5.41, 5.74) is 0.412. The van der Waals surface area contributed by atoms with Crippen LogP contribution < -0.4 is 0 Å². The molecular weight excluding hydrogens is 322 g/mol. The van der Waals surface area contributed by atoms with Crippen LogP contribution in [0.15, 0.2) is 43.0 Å². The van der Waals surface area contributed by atoms with Gasteiger partial charge in [0.05, 0.1) is 20.3 Å². The van der Waals surface area contributed by atoms with Gasteiger partial charge in [0.2, 0.25) is 0 Å². The van der Waals surface area contributed by atoms with Crippen molar-refractivity contribution in [1.29, 1.82) is 0 Å². The van der Waals surface area contributed by atoms with Crippen molar-refractivity contribution in [2.45, 2.75) is 19.1 Å². The SMILES string of the molecule is C=CC[C@@]12COC[C@H]1CN(C(=O)OCc1ccccc1)[C@H]2C(=O)OC. The summed E-state index contributed by atoms with van der Waals surface area (Å²) in [6.07, 6.45) is 1.85. The Balaban J connectivity index is 1.78. The van der Waals surface area contributed by atoms with Crippen molar-refractivity contribution in [3.05, 3.63) is 48.6 Å². The van der Waals surface area contributed by atoms with Crippen LogP contribution in [0.2, 0.25) is 0 Å². The molecule has 2 saturated heterocycles. The van der Waals surface area contributed by atoms with Gasteiger partial charge in [0.1, 0.15) is 12.6 Å². The van der Waals surface area contributed by atoms with Crippen molar-refractivity contribution in [3.63, 3.8) is 0 Å². The minimum absolute atomic E-state index is 0.0684. The second-order valence-corrected chi connectivity index (χ2v) is 6.56. The van der Waals surface area contributed by atoms with Gasteiger partial charge in [0, 0.05) is 17.9 Å². The van der Waals surface area contributed by atoms with Gasteiger partial charge in [-0.05, 0) is 12.0 Å². The van der Waals surface area contributed by atoms with E-state index in [1.54, 1.807) is 6.08 Å². The smallest absolute Gasteiger partial charge is 0.410 e. The van der Waals surface area contributed by atoms with Crippen molar-refractivity contribution in [1.82, 2.24) is 4.90 Å². The largest absolute Gasteiger partial charge is 0.467 e. The maximum absolute atomic E-state index is 12.7. The van der Waals surface area contributed by atoms with Crippen LogP contribution in [0.25, 0.3) is 0 Å². The van der Waals surface area contributed by atoms with Crippen LogP contribution in [0.1, 0.15) is 12.0 Å². The molecule has 25 heavy (non-hydrogen) atoms. The van der Waals surface area contributed by atoms with Gasteiger partial charge < -0.3 is 14.2 Å². The van der Waals surface area contributed by atoms with Gasteiger partial charge in [-0.3, -0.25) is 4.90 Å². The molecule has 0 unspecified atom stereocenters. The molecule has 0 spiro atoms. The van der Waals surface area contributed by atoms with Gasteiger partial charge in [0.25, 0.3) is 0 Å². The standard InChI is InChI=1S/C19H23NO5/c1-3-9-19-13-24-12-15(19)10-20(16(19)17(21)23-2)18(22)25-11-14-7-5-4-6-8-14/h3-8,15-16H,1,9-13H2,2H3/t15-,16+,19-/m1/s1. The Bertz CT molecular complexity index is 646. The molecule has 0 radical (unpaired) electrons. The molecule has 0 N–H and O–H groups in total. The fourth-order valence-corrected chi connectivity index (χ4v) is 3.93. The summed E-state index contributed by atoms with van der Waals surface area (Å²) in [6.45, 7) is 5.31. The third kappa shape index (κ3) is 3.14. The Morgan fingerprint density at radius 2 is 2.16 bits per heavy atom. The Hall–Kier alpha value is -2.34. The maximum atomic E-state index is 12.7. The van der Waals surface area contributed by atoms with Crippen LogP contribution in [-0.4, -0.2) is 49.9 Å². The van der Waals surface area contributed by atoms with Gasteiger partial charge in [-0.15, -0.1) is 6.58 Å². The van der Waals surface area contributed by atoms with Gasteiger partial charge >= 0.3 is 12.1 Å². The Morgan fingerprint density at radius 1 is 1.40 bits per heavy atom. The summed E-state index contributed by atoms with van der Waals surface area (Å²) in [5, 5.41) is 0. The number of hydrogen-bond acceptors (Lipinski definition) is 5. The van der Waals surface area contributed by atoms with Crippen LogP contribution in [0.3, 0.4) is 0 Å². The highest BCUT2D eigenvalue weighted by molar-refractivity contribution is 5.83.